The highest BCUT2D eigenvalue weighted by atomic mass is 35.5. The van der Waals surface area contributed by atoms with Crippen molar-refractivity contribution in [3.05, 3.63) is 27.7 Å². The number of rotatable bonds is 9. The largest absolute Gasteiger partial charge is 0.492 e. The maximum absolute atomic E-state index is 8.51. The quantitative estimate of drug-likeness (QED) is 0.661. The molecule has 1 aromatic rings. The van der Waals surface area contributed by atoms with Gasteiger partial charge in [-0.1, -0.05) is 37.0 Å². The molecule has 0 saturated carbocycles. The molecule has 21 heavy (non-hydrogen) atoms. The van der Waals surface area contributed by atoms with Gasteiger partial charge in [0.15, 0.2) is 0 Å². The van der Waals surface area contributed by atoms with Crippen LogP contribution in [-0.2, 0) is 6.54 Å². The molecule has 5 heteroatoms. The number of hydrogen-bond acceptors (Lipinski definition) is 3. The summed E-state index contributed by atoms with van der Waals surface area (Å²) in [7, 11) is 0. The second-order valence-electron chi connectivity index (χ2n) is 5.36. The third-order valence-electron chi connectivity index (χ3n) is 2.88. The smallest absolute Gasteiger partial charge is 0.142 e. The van der Waals surface area contributed by atoms with Crippen LogP contribution in [0.5, 0.6) is 5.75 Å². The van der Waals surface area contributed by atoms with E-state index >= 15 is 0 Å². The van der Waals surface area contributed by atoms with Gasteiger partial charge in [0.2, 0.25) is 0 Å². The van der Waals surface area contributed by atoms with Crippen LogP contribution in [-0.4, -0.2) is 13.2 Å². The van der Waals surface area contributed by atoms with E-state index in [0.29, 0.717) is 41.3 Å². The number of ether oxygens (including phenoxy) is 1. The van der Waals surface area contributed by atoms with E-state index in [4.69, 9.17) is 33.2 Å². The Morgan fingerprint density at radius 3 is 2.71 bits per heavy atom. The maximum Gasteiger partial charge on any atom is 0.142 e. The van der Waals surface area contributed by atoms with E-state index in [9.17, 15) is 0 Å². The summed E-state index contributed by atoms with van der Waals surface area (Å²) in [4.78, 5) is 0. The summed E-state index contributed by atoms with van der Waals surface area (Å²) in [5, 5.41) is 13.0. The first kappa shape index (κ1) is 18.1. The third kappa shape index (κ3) is 7.04. The Kier molecular flexibility index (Phi) is 8.52. The number of nitrogens with zero attached hydrogens (tertiary/aromatic N) is 1. The second-order valence-corrected chi connectivity index (χ2v) is 6.21. The second kappa shape index (κ2) is 9.89. The predicted molar refractivity (Wildman–Crippen MR) is 88.0 cm³/mol. The number of benzene rings is 1. The van der Waals surface area contributed by atoms with Crippen LogP contribution in [0, 0.1) is 17.2 Å². The molecule has 0 fully saturated rings. The molecule has 0 aliphatic heterocycles. The molecule has 0 atom stereocenters. The van der Waals surface area contributed by atoms with Gasteiger partial charge in [-0.05, 0) is 37.4 Å². The van der Waals surface area contributed by atoms with Crippen molar-refractivity contribution < 1.29 is 4.74 Å². The monoisotopic (exact) mass is 328 g/mol. The number of nitrogens with one attached hydrogen (secondary N) is 1. The van der Waals surface area contributed by atoms with Gasteiger partial charge in [0, 0.05) is 23.6 Å². The van der Waals surface area contributed by atoms with Gasteiger partial charge in [-0.2, -0.15) is 5.26 Å². The molecule has 116 valence electrons. The van der Waals surface area contributed by atoms with Crippen LogP contribution in [0.3, 0.4) is 0 Å². The fraction of sp³-hybridized carbons (Fsp3) is 0.562. The fourth-order valence-electron chi connectivity index (χ4n) is 1.88. The van der Waals surface area contributed by atoms with Crippen molar-refractivity contribution in [3.8, 4) is 11.8 Å². The van der Waals surface area contributed by atoms with E-state index in [1.165, 1.54) is 0 Å². The fourth-order valence-corrected chi connectivity index (χ4v) is 2.47. The van der Waals surface area contributed by atoms with Crippen LogP contribution >= 0.6 is 23.2 Å². The summed E-state index contributed by atoms with van der Waals surface area (Å²) in [6.45, 7) is 6.47. The number of unbranched alkanes of at least 4 members (excludes halogenated alkanes) is 2. The van der Waals surface area contributed by atoms with Crippen LogP contribution in [0.25, 0.3) is 0 Å². The Bertz CT molecular complexity index is 484. The van der Waals surface area contributed by atoms with E-state index in [1.807, 2.05) is 6.07 Å². The summed E-state index contributed by atoms with van der Waals surface area (Å²) in [5.41, 5.74) is 0.966. The molecular weight excluding hydrogens is 307 g/mol. The van der Waals surface area contributed by atoms with Crippen LogP contribution < -0.4 is 10.1 Å². The first-order valence-electron chi connectivity index (χ1n) is 7.23. The zero-order valence-corrected chi connectivity index (χ0v) is 14.1. The minimum absolute atomic E-state index is 0.532. The van der Waals surface area contributed by atoms with Gasteiger partial charge >= 0.3 is 0 Å². The van der Waals surface area contributed by atoms with Gasteiger partial charge in [0.25, 0.3) is 0 Å². The third-order valence-corrected chi connectivity index (χ3v) is 3.38. The van der Waals surface area contributed by atoms with Gasteiger partial charge in [-0.15, -0.1) is 0 Å². The topological polar surface area (TPSA) is 45.0 Å². The molecule has 0 aromatic heterocycles. The Balaban J connectivity index is 2.64. The lowest BCUT2D eigenvalue weighted by molar-refractivity contribution is 0.304. The van der Waals surface area contributed by atoms with E-state index in [2.05, 4.69) is 25.2 Å². The molecule has 0 bridgehead atoms. The van der Waals surface area contributed by atoms with Crippen molar-refractivity contribution in [2.24, 2.45) is 5.92 Å². The number of nitriles is 1. The van der Waals surface area contributed by atoms with E-state index < -0.39 is 0 Å². The minimum atomic E-state index is 0.532. The van der Waals surface area contributed by atoms with E-state index in [-0.39, 0.29) is 0 Å². The van der Waals surface area contributed by atoms with Crippen molar-refractivity contribution in [1.82, 2.24) is 5.32 Å². The molecule has 0 aliphatic rings. The van der Waals surface area contributed by atoms with Crippen molar-refractivity contribution >= 4 is 23.2 Å². The van der Waals surface area contributed by atoms with E-state index in [0.717, 1.165) is 24.9 Å². The first-order chi connectivity index (χ1) is 10.0. The molecule has 0 heterocycles. The molecule has 0 spiro atoms. The van der Waals surface area contributed by atoms with Crippen LogP contribution in [0.15, 0.2) is 12.1 Å². The first-order valence-corrected chi connectivity index (χ1v) is 7.98. The Morgan fingerprint density at radius 1 is 1.29 bits per heavy atom. The standard InChI is InChI=1S/C16H22Cl2N2O/c1-12(2)10-20-11-13-8-14(17)9-15(18)16(13)21-7-5-3-4-6-19/h8-9,12,20H,3-5,7,10-11H2,1-2H3. The van der Waals surface area contributed by atoms with Crippen molar-refractivity contribution in [2.75, 3.05) is 13.2 Å². The highest BCUT2D eigenvalue weighted by Gasteiger charge is 2.11. The predicted octanol–water partition coefficient (Wildman–Crippen LogP) is 4.81. The molecule has 3 nitrogen and oxygen atoms in total. The average molecular weight is 329 g/mol. The summed E-state index contributed by atoms with van der Waals surface area (Å²) >= 11 is 12.3. The van der Waals surface area contributed by atoms with Crippen molar-refractivity contribution in [1.29, 1.82) is 5.26 Å². The Hall–Kier alpha value is -0.950. The van der Waals surface area contributed by atoms with Gasteiger partial charge in [0.1, 0.15) is 5.75 Å². The Labute approximate surface area is 137 Å². The molecule has 0 radical (unpaired) electrons. The van der Waals surface area contributed by atoms with Gasteiger partial charge in [-0.3, -0.25) is 0 Å². The summed E-state index contributed by atoms with van der Waals surface area (Å²) in [6.07, 6.45) is 2.23. The Morgan fingerprint density at radius 2 is 2.05 bits per heavy atom. The minimum Gasteiger partial charge on any atom is -0.492 e. The lowest BCUT2D eigenvalue weighted by Crippen LogP contribution is -2.19. The van der Waals surface area contributed by atoms with Crippen molar-refractivity contribution in [3.63, 3.8) is 0 Å². The lowest BCUT2D eigenvalue weighted by Gasteiger charge is -2.15. The molecule has 0 amide bonds. The van der Waals surface area contributed by atoms with Crippen LogP contribution in [0.4, 0.5) is 0 Å². The highest BCUT2D eigenvalue weighted by Crippen LogP contribution is 2.32. The lowest BCUT2D eigenvalue weighted by atomic mass is 10.1. The normalized spacial score (nSPS) is 10.7. The molecular formula is C16H22Cl2N2O. The highest BCUT2D eigenvalue weighted by molar-refractivity contribution is 6.35. The zero-order chi connectivity index (χ0) is 15.7. The summed E-state index contributed by atoms with van der Waals surface area (Å²) in [6, 6.07) is 5.70. The van der Waals surface area contributed by atoms with Gasteiger partial charge in [-0.25, -0.2) is 0 Å². The molecule has 1 N–H and O–H groups in total. The van der Waals surface area contributed by atoms with Gasteiger partial charge in [0.05, 0.1) is 17.7 Å². The number of halogens is 2. The van der Waals surface area contributed by atoms with Crippen LogP contribution in [0.2, 0.25) is 10.0 Å². The van der Waals surface area contributed by atoms with E-state index in [1.54, 1.807) is 6.07 Å². The summed E-state index contributed by atoms with van der Waals surface area (Å²) < 4.78 is 5.79. The van der Waals surface area contributed by atoms with Crippen LogP contribution in [0.1, 0.15) is 38.7 Å². The maximum atomic E-state index is 8.51. The van der Waals surface area contributed by atoms with Gasteiger partial charge < -0.3 is 10.1 Å². The summed E-state index contributed by atoms with van der Waals surface area (Å²) in [5.74, 6) is 1.27. The zero-order valence-electron chi connectivity index (χ0n) is 12.6. The average Bonchev–Trinajstić information content (AvgIpc) is 2.40. The molecule has 0 aliphatic carbocycles. The molecule has 1 aromatic carbocycles. The van der Waals surface area contributed by atoms with Crippen molar-refractivity contribution in [2.45, 2.75) is 39.7 Å². The molecule has 0 unspecified atom stereocenters. The number of hydrogen-bond donors (Lipinski definition) is 1. The molecule has 0 saturated heterocycles. The SMILES string of the molecule is CC(C)CNCc1cc(Cl)cc(Cl)c1OCCCCC#N. The molecule has 1 rings (SSSR count).